The molecule has 2 amide bonds. The van der Waals surface area contributed by atoms with Gasteiger partial charge in [0.1, 0.15) is 11.4 Å². The van der Waals surface area contributed by atoms with Crippen molar-refractivity contribution in [1.82, 2.24) is 29.9 Å². The van der Waals surface area contributed by atoms with Crippen molar-refractivity contribution >= 4 is 17.5 Å². The Bertz CT molecular complexity index is 799. The molecule has 8 nitrogen and oxygen atoms in total. The lowest BCUT2D eigenvalue weighted by molar-refractivity contribution is 0.230. The number of imidazole rings is 1. The Hall–Kier alpha value is -2.64. The first kappa shape index (κ1) is 14.9. The molecule has 0 atom stereocenters. The van der Waals surface area contributed by atoms with Crippen LogP contribution in [0.3, 0.4) is 0 Å². The van der Waals surface area contributed by atoms with Crippen molar-refractivity contribution in [2.75, 3.05) is 19.0 Å². The highest BCUT2D eigenvalue weighted by Crippen LogP contribution is 2.34. The van der Waals surface area contributed by atoms with Crippen LogP contribution in [-0.2, 0) is 0 Å². The zero-order valence-electron chi connectivity index (χ0n) is 14.0. The van der Waals surface area contributed by atoms with E-state index in [-0.39, 0.29) is 6.03 Å². The van der Waals surface area contributed by atoms with E-state index < -0.39 is 0 Å². The summed E-state index contributed by atoms with van der Waals surface area (Å²) in [7, 11) is 3.40. The van der Waals surface area contributed by atoms with Gasteiger partial charge in [-0.3, -0.25) is 9.80 Å². The van der Waals surface area contributed by atoms with Crippen LogP contribution in [0.4, 0.5) is 10.6 Å². The number of fused-ring (bicyclic) bond motifs is 1. The second-order valence-corrected chi connectivity index (χ2v) is 6.51. The molecule has 126 valence electrons. The van der Waals surface area contributed by atoms with Crippen LogP contribution in [-0.4, -0.2) is 50.0 Å². The predicted molar refractivity (Wildman–Crippen MR) is 90.3 cm³/mol. The van der Waals surface area contributed by atoms with Gasteiger partial charge in [-0.15, -0.1) is 5.10 Å². The number of urea groups is 1. The smallest absolute Gasteiger partial charge is 0.329 e. The zero-order chi connectivity index (χ0) is 16.8. The first-order chi connectivity index (χ1) is 11.6. The lowest BCUT2D eigenvalue weighted by Gasteiger charge is -2.30. The SMILES string of the molecule is C=C1c2[nH]c(-c3cn(C4CCCCC4)nn3)nc2N(C)C(=O)N1C. The van der Waals surface area contributed by atoms with E-state index in [0.29, 0.717) is 29.1 Å². The fourth-order valence-corrected chi connectivity index (χ4v) is 3.44. The summed E-state index contributed by atoms with van der Waals surface area (Å²) < 4.78 is 1.95. The number of nitrogens with zero attached hydrogens (tertiary/aromatic N) is 6. The van der Waals surface area contributed by atoms with Gasteiger partial charge in [-0.2, -0.15) is 0 Å². The maximum atomic E-state index is 12.2. The molecule has 2 aromatic rings. The Labute approximate surface area is 140 Å². The van der Waals surface area contributed by atoms with Crippen LogP contribution in [0.1, 0.15) is 43.8 Å². The number of carbonyl (C=O) groups excluding carboxylic acids is 1. The number of hydrogen-bond acceptors (Lipinski definition) is 4. The van der Waals surface area contributed by atoms with Crippen LogP contribution in [0.2, 0.25) is 0 Å². The minimum absolute atomic E-state index is 0.156. The maximum absolute atomic E-state index is 12.2. The number of nitrogens with one attached hydrogen (secondary N) is 1. The minimum atomic E-state index is -0.156. The maximum Gasteiger partial charge on any atom is 0.329 e. The number of aromatic amines is 1. The molecule has 2 aliphatic rings. The Balaban J connectivity index is 1.67. The highest BCUT2D eigenvalue weighted by atomic mass is 16.2. The molecule has 3 heterocycles. The van der Waals surface area contributed by atoms with E-state index in [4.69, 9.17) is 0 Å². The van der Waals surface area contributed by atoms with Crippen LogP contribution < -0.4 is 4.90 Å². The average Bonchev–Trinajstić information content (AvgIpc) is 3.26. The van der Waals surface area contributed by atoms with Crippen molar-refractivity contribution in [2.45, 2.75) is 38.1 Å². The molecule has 24 heavy (non-hydrogen) atoms. The average molecular weight is 327 g/mol. The molecular formula is C16H21N7O. The minimum Gasteiger partial charge on any atom is -0.334 e. The number of aromatic nitrogens is 5. The molecule has 4 rings (SSSR count). The van der Waals surface area contributed by atoms with Gasteiger partial charge in [-0.1, -0.05) is 31.1 Å². The van der Waals surface area contributed by atoms with Crippen molar-refractivity contribution in [3.8, 4) is 11.5 Å². The van der Waals surface area contributed by atoms with E-state index >= 15 is 0 Å². The van der Waals surface area contributed by atoms with Gasteiger partial charge in [0, 0.05) is 14.1 Å². The lowest BCUT2D eigenvalue weighted by Crippen LogP contribution is -2.41. The Kier molecular flexibility index (Phi) is 3.40. The third kappa shape index (κ3) is 2.21. The molecule has 0 unspecified atom stereocenters. The quantitative estimate of drug-likeness (QED) is 0.919. The molecule has 0 aromatic carbocycles. The standard InChI is InChI=1S/C16H21N7O/c1-10-13-15(22(3)16(24)21(10)2)18-14(17-13)12-9-23(20-19-12)11-7-5-4-6-8-11/h9,11H,1,4-8H2,2-3H3,(H,17,18). The second-order valence-electron chi connectivity index (χ2n) is 6.51. The van der Waals surface area contributed by atoms with Gasteiger partial charge in [0.2, 0.25) is 0 Å². The summed E-state index contributed by atoms with van der Waals surface area (Å²) in [6.07, 6.45) is 8.03. The normalized spacial score (nSPS) is 19.1. The first-order valence-corrected chi connectivity index (χ1v) is 8.29. The van der Waals surface area contributed by atoms with E-state index in [9.17, 15) is 4.79 Å². The lowest BCUT2D eigenvalue weighted by atomic mass is 9.96. The highest BCUT2D eigenvalue weighted by molar-refractivity contribution is 6.02. The molecule has 1 saturated carbocycles. The third-order valence-electron chi connectivity index (χ3n) is 4.97. The fourth-order valence-electron chi connectivity index (χ4n) is 3.44. The van der Waals surface area contributed by atoms with Crippen LogP contribution >= 0.6 is 0 Å². The summed E-state index contributed by atoms with van der Waals surface area (Å²) >= 11 is 0. The molecular weight excluding hydrogens is 306 g/mol. The van der Waals surface area contributed by atoms with Crippen molar-refractivity contribution in [3.63, 3.8) is 0 Å². The molecule has 0 spiro atoms. The fraction of sp³-hybridized carbons (Fsp3) is 0.500. The molecule has 1 aliphatic heterocycles. The number of amides is 2. The number of carbonyl (C=O) groups is 1. The van der Waals surface area contributed by atoms with E-state index in [2.05, 4.69) is 26.9 Å². The molecule has 8 heteroatoms. The molecule has 2 aromatic heterocycles. The highest BCUT2D eigenvalue weighted by Gasteiger charge is 2.32. The number of anilines is 1. The monoisotopic (exact) mass is 327 g/mol. The van der Waals surface area contributed by atoms with Crippen LogP contribution in [0.25, 0.3) is 17.2 Å². The number of hydrogen-bond donors (Lipinski definition) is 1. The third-order valence-corrected chi connectivity index (χ3v) is 4.97. The first-order valence-electron chi connectivity index (χ1n) is 8.29. The number of rotatable bonds is 2. The van der Waals surface area contributed by atoms with Crippen LogP contribution in [0.15, 0.2) is 12.8 Å². The summed E-state index contributed by atoms with van der Waals surface area (Å²) in [4.78, 5) is 22.9. The van der Waals surface area contributed by atoms with Gasteiger partial charge in [-0.25, -0.2) is 14.5 Å². The van der Waals surface area contributed by atoms with Crippen molar-refractivity contribution < 1.29 is 4.79 Å². The summed E-state index contributed by atoms with van der Waals surface area (Å²) in [5.41, 5.74) is 2.03. The van der Waals surface area contributed by atoms with Crippen molar-refractivity contribution in [2.24, 2.45) is 0 Å². The zero-order valence-corrected chi connectivity index (χ0v) is 14.0. The molecule has 1 fully saturated rings. The van der Waals surface area contributed by atoms with Crippen molar-refractivity contribution in [1.29, 1.82) is 0 Å². The number of H-pyrrole nitrogens is 1. The summed E-state index contributed by atoms with van der Waals surface area (Å²) in [5.74, 6) is 1.18. The summed E-state index contributed by atoms with van der Waals surface area (Å²) in [6, 6.07) is 0.270. The molecule has 1 N–H and O–H groups in total. The van der Waals surface area contributed by atoms with Crippen LogP contribution in [0, 0.1) is 0 Å². The van der Waals surface area contributed by atoms with E-state index in [1.807, 2.05) is 10.9 Å². The van der Waals surface area contributed by atoms with E-state index in [1.165, 1.54) is 29.1 Å². The van der Waals surface area contributed by atoms with Gasteiger partial charge in [0.25, 0.3) is 0 Å². The van der Waals surface area contributed by atoms with Crippen molar-refractivity contribution in [3.05, 3.63) is 18.5 Å². The van der Waals surface area contributed by atoms with Gasteiger partial charge < -0.3 is 4.98 Å². The van der Waals surface area contributed by atoms with Gasteiger partial charge >= 0.3 is 6.03 Å². The summed E-state index contributed by atoms with van der Waals surface area (Å²) in [6.45, 7) is 3.97. The van der Waals surface area contributed by atoms with Gasteiger partial charge in [0.05, 0.1) is 17.9 Å². The van der Waals surface area contributed by atoms with E-state index in [0.717, 1.165) is 18.5 Å². The topological polar surface area (TPSA) is 82.9 Å². The second kappa shape index (κ2) is 5.47. The predicted octanol–water partition coefficient (Wildman–Crippen LogP) is 2.65. The summed E-state index contributed by atoms with van der Waals surface area (Å²) in [5, 5.41) is 8.55. The Morgan fingerprint density at radius 3 is 2.71 bits per heavy atom. The molecule has 0 bridgehead atoms. The molecule has 0 radical (unpaired) electrons. The Morgan fingerprint density at radius 1 is 1.21 bits per heavy atom. The Morgan fingerprint density at radius 2 is 1.96 bits per heavy atom. The van der Waals surface area contributed by atoms with Gasteiger partial charge in [0.15, 0.2) is 11.6 Å². The van der Waals surface area contributed by atoms with Gasteiger partial charge in [-0.05, 0) is 12.8 Å². The van der Waals surface area contributed by atoms with Crippen LogP contribution in [0.5, 0.6) is 0 Å². The largest absolute Gasteiger partial charge is 0.334 e. The van der Waals surface area contributed by atoms with E-state index in [1.54, 1.807) is 14.1 Å². The molecule has 1 aliphatic carbocycles. The molecule has 0 saturated heterocycles.